The molecule has 0 nitrogen and oxygen atoms in total. The second-order valence-corrected chi connectivity index (χ2v) is 35.5. The van der Waals surface area contributed by atoms with E-state index in [-0.39, 0.29) is 0 Å². The van der Waals surface area contributed by atoms with Crippen molar-refractivity contribution >= 4 is 0 Å². The van der Waals surface area contributed by atoms with Crippen molar-refractivity contribution in [3.8, 4) is 0 Å². The van der Waals surface area contributed by atoms with E-state index >= 15 is 202 Å². The largest absolute Gasteiger partial charge is 0.234 e. The average Bonchev–Trinajstić information content (AvgIpc) is 1.29. The molecule has 0 radical (unpaired) electrons. The van der Waals surface area contributed by atoms with E-state index < -0.39 is 339 Å². The molecular formula is C60F46. The normalized spacial score (nSPS) is 89.4. The molecule has 0 bridgehead atoms. The number of allylic oxidation sites excluding steroid dienone is 14. The molecule has 0 amide bonds. The molecular weight excluding hydrogens is 1590 g/mol. The van der Waals surface area contributed by atoms with Gasteiger partial charge >= 0.3 is 0 Å². The third-order valence-electron chi connectivity index (χ3n) is 37.6. The Bertz CT molecular complexity index is 6020. The fourth-order valence-electron chi connectivity index (χ4n) is 37.5. The minimum absolute atomic E-state index is 4.64. The summed E-state index contributed by atoms with van der Waals surface area (Å²) in [5.41, 5.74) is -549. The van der Waals surface area contributed by atoms with Crippen LogP contribution in [0.25, 0.3) is 0 Å². The molecule has 106 heavy (non-hydrogen) atoms. The van der Waals surface area contributed by atoms with Crippen LogP contribution in [-0.2, 0) is 0 Å². The fraction of sp³-hybridized carbons (Fsp3) is 0.767. The Hall–Kier alpha value is -5.04. The molecule has 0 aliphatic heterocycles. The number of hydrogen-bond acceptors (Lipinski definition) is 0. The zero-order valence-electron chi connectivity index (χ0n) is 47.4. The summed E-state index contributed by atoms with van der Waals surface area (Å²) in [6.07, 6.45) is 0. The Morgan fingerprint density at radius 1 is 0.104 bits per heavy atom. The lowest BCUT2D eigenvalue weighted by Crippen LogP contribution is -3.08. The smallest absolute Gasteiger partial charge is 0.232 e. The molecule has 21 saturated carbocycles. The van der Waals surface area contributed by atoms with Crippen LogP contribution >= 0.6 is 0 Å². The summed E-state index contributed by atoms with van der Waals surface area (Å²) in [6.45, 7) is 0. The molecule has 46 atom stereocenters. The van der Waals surface area contributed by atoms with Crippen LogP contribution in [0.1, 0.15) is 0 Å². The van der Waals surface area contributed by atoms with E-state index in [9.17, 15) is 0 Å². The highest BCUT2D eigenvalue weighted by Gasteiger charge is 3.48. The van der Waals surface area contributed by atoms with E-state index in [1.54, 1.807) is 0 Å². The van der Waals surface area contributed by atoms with E-state index in [2.05, 4.69) is 0 Å². The maximum atomic E-state index is 21.8. The van der Waals surface area contributed by atoms with Crippen LogP contribution in [0.3, 0.4) is 0 Å². The van der Waals surface area contributed by atoms with Gasteiger partial charge in [0.05, 0.1) is 0 Å². The molecule has 0 aromatic rings. The quantitative estimate of drug-likeness (QED) is 0.168. The van der Waals surface area contributed by atoms with E-state index in [0.717, 1.165) is 0 Å². The number of halogens is 46. The minimum Gasteiger partial charge on any atom is -0.232 e. The van der Waals surface area contributed by atoms with Crippen LogP contribution in [0.15, 0.2) is 78.0 Å². The van der Waals surface area contributed by atoms with Gasteiger partial charge in [-0.3, -0.25) is 0 Å². The van der Waals surface area contributed by atoms with Gasteiger partial charge in [0.15, 0.2) is 5.67 Å². The van der Waals surface area contributed by atoms with Gasteiger partial charge in [0, 0.05) is 66.9 Å². The van der Waals surface area contributed by atoms with Crippen molar-refractivity contribution in [3.63, 3.8) is 0 Å². The topological polar surface area (TPSA) is 0 Å². The van der Waals surface area contributed by atoms with Crippen molar-refractivity contribution in [2.45, 2.75) is 261 Å². The number of alkyl halides is 46. The number of rotatable bonds is 0. The fourth-order valence-corrected chi connectivity index (χ4v) is 37.5. The van der Waals surface area contributed by atoms with Crippen LogP contribution in [0.4, 0.5) is 202 Å². The number of hydrogen-bond donors (Lipinski definition) is 0. The van der Waals surface area contributed by atoms with Crippen LogP contribution < -0.4 is 0 Å². The zero-order chi connectivity index (χ0) is 77.1. The maximum Gasteiger partial charge on any atom is 0.234 e. The minimum atomic E-state index is -11.2. The predicted octanol–water partition coefficient (Wildman–Crippen LogP) is 12.1. The first-order chi connectivity index (χ1) is 47.2. The Balaban J connectivity index is 1.09. The first-order valence-corrected chi connectivity index (χ1v) is 31.2. The van der Waals surface area contributed by atoms with E-state index in [1.807, 2.05) is 0 Å². The highest BCUT2D eigenvalue weighted by Crippen LogP contribution is 3.20. The molecule has 46 heteroatoms. The highest BCUT2D eigenvalue weighted by atomic mass is 19.3. The van der Waals surface area contributed by atoms with Crippen LogP contribution in [-0.4, -0.2) is 261 Å². The van der Waals surface area contributed by atoms with E-state index in [4.69, 9.17) is 0 Å². The van der Waals surface area contributed by atoms with Crippen LogP contribution in [0.5, 0.6) is 0 Å². The summed E-state index contributed by atoms with van der Waals surface area (Å²) >= 11 is 0. The van der Waals surface area contributed by atoms with Gasteiger partial charge in [0.25, 0.3) is 0 Å². The second-order valence-electron chi connectivity index (χ2n) is 35.5. The van der Waals surface area contributed by atoms with Crippen molar-refractivity contribution in [3.05, 3.63) is 78.0 Å². The predicted molar refractivity (Wildman–Crippen MR) is 226 cm³/mol. The Morgan fingerprint density at radius 2 is 0.292 bits per heavy atom. The Labute approximate surface area is 540 Å². The molecule has 32 rings (SSSR count). The maximum absolute atomic E-state index is 21.8. The summed E-state index contributed by atoms with van der Waals surface area (Å²) in [7, 11) is 0. The molecule has 32 aliphatic carbocycles. The molecule has 0 N–H and O–H groups in total. The lowest BCUT2D eigenvalue weighted by Gasteiger charge is -2.77. The molecule has 21 fully saturated rings. The lowest BCUT2D eigenvalue weighted by atomic mass is 9.30. The Kier molecular flexibility index (Phi) is 5.55. The molecule has 0 aromatic heterocycles. The van der Waals surface area contributed by atoms with Crippen molar-refractivity contribution in [1.29, 1.82) is 0 Å². The van der Waals surface area contributed by atoms with Gasteiger partial charge in [-0.2, -0.15) is 0 Å². The summed E-state index contributed by atoms with van der Waals surface area (Å²) in [4.78, 5) is 0. The first kappa shape index (κ1) is 58.8. The average molecular weight is 1590 g/mol. The van der Waals surface area contributed by atoms with Gasteiger partial charge in [-0.05, 0) is 11.1 Å². The monoisotopic (exact) mass is 1590 g/mol. The second kappa shape index (κ2) is 9.99. The highest BCUT2D eigenvalue weighted by molar-refractivity contribution is 6.09. The zero-order valence-corrected chi connectivity index (χ0v) is 47.4. The molecule has 46 unspecified atom stereocenters. The SMILES string of the molecule is FC12C3=C4C5=C6C7(F)C8=C4C4(F)C3(F)C3(F)C9=C1C1(F)C%10(F)C2=C5C2(F)C6(F)C5(F)C6(F)C7(F)C7(F)C%11=C%12C%13(F)C(F)(C87F)C4(F)C4(F)C3(F)C3(F)C9=C7C1(F)C1(F)C8(F)C7(F)C7(F)C3(F)C(F)(C%134F)C3(F)C%12(F)C4(F)C%11(F)C6(F)C6(F)C5(F)C5(F)C2(F)C%10(F)C1(F)C5(F)C1(F)C8(F)C(F)(C73F)C4(F)C61F. The lowest BCUT2D eigenvalue weighted by molar-refractivity contribution is -0.484. The van der Waals surface area contributed by atoms with Crippen molar-refractivity contribution in [1.82, 2.24) is 0 Å². The van der Waals surface area contributed by atoms with Gasteiger partial charge in [-0.15, -0.1) is 0 Å². The van der Waals surface area contributed by atoms with Gasteiger partial charge in [-0.1, -0.05) is 0 Å². The van der Waals surface area contributed by atoms with Gasteiger partial charge in [0.1, 0.15) is 0 Å². The van der Waals surface area contributed by atoms with Gasteiger partial charge in [-0.25, -0.2) is 202 Å². The van der Waals surface area contributed by atoms with Crippen LogP contribution in [0, 0.1) is 0 Å². The molecule has 562 valence electrons. The third kappa shape index (κ3) is 1.99. The van der Waals surface area contributed by atoms with Crippen molar-refractivity contribution in [2.24, 2.45) is 0 Å². The molecule has 0 aromatic carbocycles. The standard InChI is InChI=1S/C60F46/c61-15-7-1-2-3-9(15)24(70)22(68)10(15)5-6-12-26(22,72)40(86)43(89)28(12,74)42(88)38(84)20(6,66)33(79)19(5,65)21(7,67)17(63)4(1)11-16(62)8(2)23(69)18(3,64)37(83)39(24,85)51(40,97)59(105)53(37,99)54(100)41(23,87)47(93)32(16,78)27(73)13-14-30(76)34(80,25(11,27)71)36(17,82)48(33,94)45(30,91)50(38,96)46(92)31(14,77)35(81)29(13,75)44(47,90)56(54,102)58(104)49(35,95)57(103,52(42,46)98)55(43,101)60(58,59)106. The van der Waals surface area contributed by atoms with Crippen molar-refractivity contribution in [2.75, 3.05) is 0 Å². The van der Waals surface area contributed by atoms with Crippen LogP contribution in [0.2, 0.25) is 0 Å². The molecule has 32 aliphatic rings. The summed E-state index contributed by atoms with van der Waals surface area (Å²) in [5.74, 6) is 0. The van der Waals surface area contributed by atoms with Gasteiger partial charge < -0.3 is 0 Å². The van der Waals surface area contributed by atoms with E-state index in [1.165, 1.54) is 0 Å². The summed E-state index contributed by atoms with van der Waals surface area (Å²) in [5, 5.41) is 0. The molecule has 0 spiro atoms. The van der Waals surface area contributed by atoms with Gasteiger partial charge in [0.2, 0.25) is 255 Å². The summed E-state index contributed by atoms with van der Waals surface area (Å²) < 4.78 is 998. The summed E-state index contributed by atoms with van der Waals surface area (Å²) in [6, 6.07) is 0. The third-order valence-corrected chi connectivity index (χ3v) is 37.6. The molecule has 0 heterocycles. The molecule has 0 saturated heterocycles. The van der Waals surface area contributed by atoms with E-state index in [0.29, 0.717) is 0 Å². The Morgan fingerprint density at radius 3 is 0.736 bits per heavy atom. The first-order valence-electron chi connectivity index (χ1n) is 31.2. The van der Waals surface area contributed by atoms with Crippen molar-refractivity contribution < 1.29 is 202 Å².